The van der Waals surface area contributed by atoms with E-state index in [1.165, 1.54) is 19.4 Å². The van der Waals surface area contributed by atoms with Crippen LogP contribution < -0.4 is 10.1 Å². The number of nitrogens with one attached hydrogen (secondary N) is 1. The van der Waals surface area contributed by atoms with Gasteiger partial charge in [-0.3, -0.25) is 4.79 Å². The summed E-state index contributed by atoms with van der Waals surface area (Å²) in [5, 5.41) is 2.90. The lowest BCUT2D eigenvalue weighted by Gasteiger charge is -2.24. The van der Waals surface area contributed by atoms with Crippen molar-refractivity contribution in [1.82, 2.24) is 5.32 Å². The first-order valence-corrected chi connectivity index (χ1v) is 7.88. The molecule has 1 aliphatic carbocycles. The van der Waals surface area contributed by atoms with Crippen molar-refractivity contribution in [2.45, 2.75) is 51.2 Å². The largest absolute Gasteiger partial charge is 0.478 e. The van der Waals surface area contributed by atoms with E-state index in [1.807, 2.05) is 0 Å². The van der Waals surface area contributed by atoms with Crippen LogP contribution in [0, 0.1) is 11.6 Å². The van der Waals surface area contributed by atoms with Gasteiger partial charge in [0, 0.05) is 10.5 Å². The Labute approximate surface area is 131 Å². The average Bonchev–Trinajstić information content (AvgIpc) is 2.45. The van der Waals surface area contributed by atoms with Crippen LogP contribution in [0.1, 0.15) is 39.0 Å². The normalized spacial score (nSPS) is 17.3. The van der Waals surface area contributed by atoms with E-state index < -0.39 is 17.7 Å². The van der Waals surface area contributed by atoms with Crippen molar-refractivity contribution in [2.75, 3.05) is 0 Å². The van der Waals surface area contributed by atoms with Gasteiger partial charge in [0.25, 0.3) is 5.91 Å². The first kappa shape index (κ1) is 16.2. The van der Waals surface area contributed by atoms with Gasteiger partial charge < -0.3 is 10.1 Å². The van der Waals surface area contributed by atoms with E-state index in [0.29, 0.717) is 4.47 Å². The Morgan fingerprint density at radius 2 is 2.00 bits per heavy atom. The summed E-state index contributed by atoms with van der Waals surface area (Å²) in [4.78, 5) is 12.0. The maximum Gasteiger partial charge on any atom is 0.260 e. The van der Waals surface area contributed by atoms with Crippen LogP contribution in [-0.2, 0) is 4.79 Å². The molecule has 1 unspecified atom stereocenters. The third kappa shape index (κ3) is 4.40. The summed E-state index contributed by atoms with van der Waals surface area (Å²) < 4.78 is 32.5. The van der Waals surface area contributed by atoms with Gasteiger partial charge in [0.05, 0.1) is 0 Å². The molecule has 2 rings (SSSR count). The van der Waals surface area contributed by atoms with Gasteiger partial charge in [0.2, 0.25) is 5.82 Å². The molecule has 1 aromatic rings. The van der Waals surface area contributed by atoms with Crippen LogP contribution >= 0.6 is 15.9 Å². The van der Waals surface area contributed by atoms with Crippen molar-refractivity contribution < 1.29 is 18.3 Å². The Bertz CT molecular complexity index is 519. The zero-order valence-corrected chi connectivity index (χ0v) is 13.4. The molecule has 1 aromatic carbocycles. The third-order valence-corrected chi connectivity index (χ3v) is 4.04. The van der Waals surface area contributed by atoms with Gasteiger partial charge in [-0.1, -0.05) is 35.2 Å². The zero-order chi connectivity index (χ0) is 15.4. The Hall–Kier alpha value is -1.17. The highest BCUT2D eigenvalue weighted by molar-refractivity contribution is 9.10. The molecule has 1 saturated carbocycles. The second-order valence-corrected chi connectivity index (χ2v) is 6.22. The second kappa shape index (κ2) is 7.20. The van der Waals surface area contributed by atoms with Crippen molar-refractivity contribution in [3.63, 3.8) is 0 Å². The maximum absolute atomic E-state index is 13.6. The van der Waals surface area contributed by atoms with E-state index >= 15 is 0 Å². The zero-order valence-electron chi connectivity index (χ0n) is 11.8. The molecule has 6 heteroatoms. The molecule has 0 bridgehead atoms. The van der Waals surface area contributed by atoms with Crippen molar-refractivity contribution in [2.24, 2.45) is 0 Å². The van der Waals surface area contributed by atoms with Crippen LogP contribution in [-0.4, -0.2) is 18.1 Å². The summed E-state index contributed by atoms with van der Waals surface area (Å²) in [6, 6.07) is 2.47. The minimum absolute atomic E-state index is 0.154. The van der Waals surface area contributed by atoms with Gasteiger partial charge >= 0.3 is 0 Å². The van der Waals surface area contributed by atoms with Crippen molar-refractivity contribution in [1.29, 1.82) is 0 Å². The highest BCUT2D eigenvalue weighted by atomic mass is 79.9. The molecule has 0 aromatic heterocycles. The van der Waals surface area contributed by atoms with Gasteiger partial charge in [-0.15, -0.1) is 0 Å². The monoisotopic (exact) mass is 361 g/mol. The van der Waals surface area contributed by atoms with Gasteiger partial charge in [-0.05, 0) is 31.9 Å². The Kier molecular flexibility index (Phi) is 5.56. The highest BCUT2D eigenvalue weighted by Crippen LogP contribution is 2.26. The van der Waals surface area contributed by atoms with Crippen LogP contribution in [0.2, 0.25) is 0 Å². The minimum atomic E-state index is -1.09. The second-order valence-electron chi connectivity index (χ2n) is 5.30. The molecule has 0 aliphatic heterocycles. The first-order chi connectivity index (χ1) is 9.97. The lowest BCUT2D eigenvalue weighted by atomic mass is 9.95. The molecule has 21 heavy (non-hydrogen) atoms. The van der Waals surface area contributed by atoms with Gasteiger partial charge in [-0.2, -0.15) is 4.39 Å². The molecule has 116 valence electrons. The van der Waals surface area contributed by atoms with E-state index in [-0.39, 0.29) is 17.7 Å². The molecule has 1 amide bonds. The number of rotatable bonds is 4. The fourth-order valence-electron chi connectivity index (χ4n) is 2.43. The molecule has 1 fully saturated rings. The summed E-state index contributed by atoms with van der Waals surface area (Å²) in [5.74, 6) is -2.68. The molecule has 0 saturated heterocycles. The maximum atomic E-state index is 13.6. The highest BCUT2D eigenvalue weighted by Gasteiger charge is 2.22. The van der Waals surface area contributed by atoms with E-state index in [2.05, 4.69) is 21.2 Å². The average molecular weight is 362 g/mol. The lowest BCUT2D eigenvalue weighted by molar-refractivity contribution is -0.128. The summed E-state index contributed by atoms with van der Waals surface area (Å²) in [6.07, 6.45) is 4.43. The van der Waals surface area contributed by atoms with E-state index in [4.69, 9.17) is 4.74 Å². The molecule has 1 N–H and O–H groups in total. The summed E-state index contributed by atoms with van der Waals surface area (Å²) in [7, 11) is 0. The van der Waals surface area contributed by atoms with Crippen molar-refractivity contribution >= 4 is 21.8 Å². The quantitative estimate of drug-likeness (QED) is 0.824. The van der Waals surface area contributed by atoms with Crippen LogP contribution in [0.5, 0.6) is 5.75 Å². The van der Waals surface area contributed by atoms with Crippen molar-refractivity contribution in [3.05, 3.63) is 28.2 Å². The fourth-order valence-corrected chi connectivity index (χ4v) is 2.84. The number of carbonyl (C=O) groups excluding carboxylic acids is 1. The van der Waals surface area contributed by atoms with Crippen LogP contribution in [0.4, 0.5) is 8.78 Å². The topological polar surface area (TPSA) is 38.3 Å². The Balaban J connectivity index is 1.97. The fraction of sp³-hybridized carbons (Fsp3) is 0.533. The molecular weight excluding hydrogens is 344 g/mol. The van der Waals surface area contributed by atoms with Gasteiger partial charge in [0.15, 0.2) is 17.7 Å². The van der Waals surface area contributed by atoms with Crippen LogP contribution in [0.3, 0.4) is 0 Å². The molecule has 0 heterocycles. The smallest absolute Gasteiger partial charge is 0.260 e. The van der Waals surface area contributed by atoms with Crippen LogP contribution in [0.25, 0.3) is 0 Å². The standard InChI is InChI=1S/C15H18BrF2NO2/c1-9(15(20)19-11-5-3-2-4-6-11)21-13-8-10(16)7-12(17)14(13)18/h7-9,11H,2-6H2,1H3,(H,19,20). The molecular formula is C15H18BrF2NO2. The molecule has 0 radical (unpaired) electrons. The summed E-state index contributed by atoms with van der Waals surface area (Å²) in [6.45, 7) is 1.52. The lowest BCUT2D eigenvalue weighted by Crippen LogP contribution is -2.43. The third-order valence-electron chi connectivity index (χ3n) is 3.58. The summed E-state index contributed by atoms with van der Waals surface area (Å²) in [5.41, 5.74) is 0. The minimum Gasteiger partial charge on any atom is -0.478 e. The number of ether oxygens (including phenoxy) is 1. The van der Waals surface area contributed by atoms with Gasteiger partial charge in [-0.25, -0.2) is 4.39 Å². The molecule has 1 aliphatic rings. The van der Waals surface area contributed by atoms with E-state index in [1.54, 1.807) is 0 Å². The molecule has 1 atom stereocenters. The Morgan fingerprint density at radius 3 is 2.67 bits per heavy atom. The van der Waals surface area contributed by atoms with Gasteiger partial charge in [0.1, 0.15) is 0 Å². The van der Waals surface area contributed by atoms with Crippen molar-refractivity contribution in [3.8, 4) is 5.75 Å². The predicted octanol–water partition coefficient (Wildman–Crippen LogP) is 3.94. The SMILES string of the molecule is CC(Oc1cc(Br)cc(F)c1F)C(=O)NC1CCCCC1. The number of halogens is 3. The number of carbonyl (C=O) groups is 1. The molecule has 0 spiro atoms. The first-order valence-electron chi connectivity index (χ1n) is 7.09. The number of amides is 1. The summed E-state index contributed by atoms with van der Waals surface area (Å²) >= 11 is 3.07. The molecule has 3 nitrogen and oxygen atoms in total. The van der Waals surface area contributed by atoms with Crippen LogP contribution in [0.15, 0.2) is 16.6 Å². The number of hydrogen-bond donors (Lipinski definition) is 1. The number of hydrogen-bond acceptors (Lipinski definition) is 2. The predicted molar refractivity (Wildman–Crippen MR) is 79.2 cm³/mol. The number of benzene rings is 1. The Morgan fingerprint density at radius 1 is 1.33 bits per heavy atom. The van der Waals surface area contributed by atoms with E-state index in [9.17, 15) is 13.6 Å². The van der Waals surface area contributed by atoms with E-state index in [0.717, 1.165) is 31.7 Å².